The first-order valence-corrected chi connectivity index (χ1v) is 4.74. The van der Waals surface area contributed by atoms with Gasteiger partial charge in [-0.25, -0.2) is 0 Å². The van der Waals surface area contributed by atoms with Gasteiger partial charge in [0.2, 0.25) is 0 Å². The van der Waals surface area contributed by atoms with Crippen LogP contribution in [0.4, 0.5) is 0 Å². The molecule has 1 saturated heterocycles. The van der Waals surface area contributed by atoms with Crippen molar-refractivity contribution in [3.63, 3.8) is 0 Å². The summed E-state index contributed by atoms with van der Waals surface area (Å²) in [5.74, 6) is 1.16. The molecule has 1 aliphatic heterocycles. The van der Waals surface area contributed by atoms with Gasteiger partial charge in [0, 0.05) is 6.42 Å². The Balaban J connectivity index is 2.49. The molecule has 70 valence electrons. The Morgan fingerprint density at radius 2 is 2.00 bits per heavy atom. The van der Waals surface area contributed by atoms with Crippen LogP contribution in [0.5, 0.6) is 0 Å². The SMILES string of the molecule is C[C@@H]1C[C@@H](C)[C@@H](C)O[C@H]1CC=O. The second-order valence-electron chi connectivity index (χ2n) is 3.97. The quantitative estimate of drug-likeness (QED) is 0.593. The number of rotatable bonds is 2. The van der Waals surface area contributed by atoms with E-state index in [0.29, 0.717) is 24.4 Å². The lowest BCUT2D eigenvalue weighted by molar-refractivity contribution is -0.122. The van der Waals surface area contributed by atoms with Gasteiger partial charge in [0.25, 0.3) is 0 Å². The van der Waals surface area contributed by atoms with E-state index in [9.17, 15) is 4.79 Å². The summed E-state index contributed by atoms with van der Waals surface area (Å²) in [6.45, 7) is 6.46. The fourth-order valence-electron chi connectivity index (χ4n) is 1.86. The topological polar surface area (TPSA) is 26.3 Å². The summed E-state index contributed by atoms with van der Waals surface area (Å²) in [5, 5.41) is 0. The van der Waals surface area contributed by atoms with Gasteiger partial charge in [-0.1, -0.05) is 13.8 Å². The molecular weight excluding hydrogens is 152 g/mol. The van der Waals surface area contributed by atoms with Crippen LogP contribution in [-0.2, 0) is 9.53 Å². The minimum Gasteiger partial charge on any atom is -0.374 e. The van der Waals surface area contributed by atoms with Crippen LogP contribution in [0.1, 0.15) is 33.6 Å². The zero-order chi connectivity index (χ0) is 9.14. The molecule has 1 aliphatic rings. The predicted octanol–water partition coefficient (Wildman–Crippen LogP) is 2.02. The van der Waals surface area contributed by atoms with Gasteiger partial charge >= 0.3 is 0 Å². The van der Waals surface area contributed by atoms with Gasteiger partial charge in [0.15, 0.2) is 0 Å². The fraction of sp³-hybridized carbons (Fsp3) is 0.900. The Morgan fingerprint density at radius 1 is 1.33 bits per heavy atom. The molecule has 1 heterocycles. The number of hydrogen-bond donors (Lipinski definition) is 0. The third-order valence-corrected chi connectivity index (χ3v) is 2.90. The van der Waals surface area contributed by atoms with Crippen molar-refractivity contribution in [2.45, 2.75) is 45.8 Å². The molecule has 0 aromatic rings. The lowest BCUT2D eigenvalue weighted by atomic mass is 9.85. The highest BCUT2D eigenvalue weighted by Crippen LogP contribution is 2.30. The molecule has 0 saturated carbocycles. The maximum atomic E-state index is 10.3. The van der Waals surface area contributed by atoms with Crippen molar-refractivity contribution in [3.8, 4) is 0 Å². The minimum atomic E-state index is 0.161. The van der Waals surface area contributed by atoms with Gasteiger partial charge in [-0.05, 0) is 25.2 Å². The number of carbonyl (C=O) groups excluding carboxylic acids is 1. The van der Waals surface area contributed by atoms with Crippen LogP contribution in [0.25, 0.3) is 0 Å². The van der Waals surface area contributed by atoms with E-state index in [2.05, 4.69) is 20.8 Å². The first-order chi connectivity index (χ1) is 5.65. The first kappa shape index (κ1) is 9.72. The molecule has 1 rings (SSSR count). The first-order valence-electron chi connectivity index (χ1n) is 4.74. The normalized spacial score (nSPS) is 42.6. The third-order valence-electron chi connectivity index (χ3n) is 2.90. The average Bonchev–Trinajstić information content (AvgIpc) is 2.01. The van der Waals surface area contributed by atoms with E-state index in [1.54, 1.807) is 0 Å². The van der Waals surface area contributed by atoms with Crippen molar-refractivity contribution >= 4 is 6.29 Å². The second kappa shape index (κ2) is 4.04. The van der Waals surface area contributed by atoms with E-state index >= 15 is 0 Å². The summed E-state index contributed by atoms with van der Waals surface area (Å²) in [4.78, 5) is 10.3. The van der Waals surface area contributed by atoms with Crippen molar-refractivity contribution in [2.75, 3.05) is 0 Å². The van der Waals surface area contributed by atoms with E-state index in [-0.39, 0.29) is 6.10 Å². The summed E-state index contributed by atoms with van der Waals surface area (Å²) in [7, 11) is 0. The molecule has 4 atom stereocenters. The maximum Gasteiger partial charge on any atom is 0.122 e. The standard InChI is InChI=1S/C10H18O2/c1-7-6-8(2)10(4-5-11)12-9(7)3/h5,7-10H,4,6H2,1-3H3/t7-,8-,9-,10+/m1/s1. The van der Waals surface area contributed by atoms with E-state index < -0.39 is 0 Å². The predicted molar refractivity (Wildman–Crippen MR) is 48.0 cm³/mol. The molecule has 0 amide bonds. The Bertz CT molecular complexity index is 156. The molecule has 0 radical (unpaired) electrons. The summed E-state index contributed by atoms with van der Waals surface area (Å²) in [6.07, 6.45) is 3.17. The summed E-state index contributed by atoms with van der Waals surface area (Å²) >= 11 is 0. The van der Waals surface area contributed by atoms with Gasteiger partial charge in [-0.3, -0.25) is 0 Å². The summed E-state index contributed by atoms with van der Waals surface area (Å²) < 4.78 is 5.72. The smallest absolute Gasteiger partial charge is 0.122 e. The van der Waals surface area contributed by atoms with E-state index in [0.717, 1.165) is 6.29 Å². The minimum absolute atomic E-state index is 0.161. The molecule has 2 nitrogen and oxygen atoms in total. The second-order valence-corrected chi connectivity index (χ2v) is 3.97. The van der Waals surface area contributed by atoms with Crippen LogP contribution in [-0.4, -0.2) is 18.5 Å². The van der Waals surface area contributed by atoms with Gasteiger partial charge in [0.05, 0.1) is 12.2 Å². The fourth-order valence-corrected chi connectivity index (χ4v) is 1.86. The zero-order valence-electron chi connectivity index (χ0n) is 8.12. The van der Waals surface area contributed by atoms with Crippen molar-refractivity contribution in [3.05, 3.63) is 0 Å². The Kier molecular flexibility index (Phi) is 3.27. The van der Waals surface area contributed by atoms with Crippen LogP contribution in [0, 0.1) is 11.8 Å². The molecule has 0 spiro atoms. The number of hydrogen-bond acceptors (Lipinski definition) is 2. The highest BCUT2D eigenvalue weighted by atomic mass is 16.5. The van der Waals surface area contributed by atoms with Crippen LogP contribution in [0.2, 0.25) is 0 Å². The summed E-state index contributed by atoms with van der Waals surface area (Å²) in [6, 6.07) is 0. The Labute approximate surface area is 74.3 Å². The monoisotopic (exact) mass is 170 g/mol. The van der Waals surface area contributed by atoms with Crippen LogP contribution in [0.15, 0.2) is 0 Å². The van der Waals surface area contributed by atoms with Crippen LogP contribution >= 0.6 is 0 Å². The molecule has 12 heavy (non-hydrogen) atoms. The maximum absolute atomic E-state index is 10.3. The van der Waals surface area contributed by atoms with Crippen molar-refractivity contribution in [1.82, 2.24) is 0 Å². The van der Waals surface area contributed by atoms with Crippen molar-refractivity contribution in [2.24, 2.45) is 11.8 Å². The molecule has 0 N–H and O–H groups in total. The molecular formula is C10H18O2. The Hall–Kier alpha value is -0.370. The lowest BCUT2D eigenvalue weighted by Crippen LogP contribution is -2.37. The Morgan fingerprint density at radius 3 is 2.58 bits per heavy atom. The molecule has 0 aromatic carbocycles. The van der Waals surface area contributed by atoms with Crippen molar-refractivity contribution in [1.29, 1.82) is 0 Å². The zero-order valence-corrected chi connectivity index (χ0v) is 8.12. The molecule has 1 fully saturated rings. The molecule has 0 aromatic heterocycles. The van der Waals surface area contributed by atoms with Gasteiger partial charge in [-0.2, -0.15) is 0 Å². The molecule has 0 aliphatic carbocycles. The van der Waals surface area contributed by atoms with Gasteiger partial charge in [0.1, 0.15) is 6.29 Å². The highest BCUT2D eigenvalue weighted by molar-refractivity contribution is 5.50. The van der Waals surface area contributed by atoms with E-state index in [1.165, 1.54) is 6.42 Å². The summed E-state index contributed by atoms with van der Waals surface area (Å²) in [5.41, 5.74) is 0. The third kappa shape index (κ3) is 2.07. The van der Waals surface area contributed by atoms with Crippen LogP contribution < -0.4 is 0 Å². The van der Waals surface area contributed by atoms with E-state index in [1.807, 2.05) is 0 Å². The van der Waals surface area contributed by atoms with Crippen molar-refractivity contribution < 1.29 is 9.53 Å². The largest absolute Gasteiger partial charge is 0.374 e. The molecule has 0 unspecified atom stereocenters. The van der Waals surface area contributed by atoms with Gasteiger partial charge < -0.3 is 9.53 Å². The number of carbonyl (C=O) groups is 1. The van der Waals surface area contributed by atoms with Crippen LogP contribution in [0.3, 0.4) is 0 Å². The average molecular weight is 170 g/mol. The highest BCUT2D eigenvalue weighted by Gasteiger charge is 2.30. The number of ether oxygens (including phenoxy) is 1. The molecule has 2 heteroatoms. The number of aldehydes is 1. The van der Waals surface area contributed by atoms with Gasteiger partial charge in [-0.15, -0.1) is 0 Å². The molecule has 0 bridgehead atoms. The van der Waals surface area contributed by atoms with E-state index in [4.69, 9.17) is 4.74 Å². The lowest BCUT2D eigenvalue weighted by Gasteiger charge is -2.36.